The van der Waals surface area contributed by atoms with Gasteiger partial charge in [-0.2, -0.15) is 5.10 Å². The Balaban J connectivity index is 1.54. The van der Waals surface area contributed by atoms with Crippen molar-refractivity contribution in [2.75, 3.05) is 18.5 Å². The molecule has 0 saturated carbocycles. The molecule has 3 heterocycles. The van der Waals surface area contributed by atoms with Crippen LogP contribution in [-0.2, 0) is 13.0 Å². The van der Waals surface area contributed by atoms with E-state index in [1.807, 2.05) is 31.2 Å². The van der Waals surface area contributed by atoms with Crippen molar-refractivity contribution in [2.45, 2.75) is 26.8 Å². The van der Waals surface area contributed by atoms with E-state index in [0.717, 1.165) is 23.5 Å². The topological polar surface area (TPSA) is 127 Å². The molecule has 5 rings (SSSR count). The first-order valence-electron chi connectivity index (χ1n) is 12.9. The van der Waals surface area contributed by atoms with E-state index < -0.39 is 17.7 Å². The third-order valence-corrected chi connectivity index (χ3v) is 6.30. The largest absolute Gasteiger partial charge is 0.494 e. The number of carboxylic acid groups (broad SMARTS) is 1. The van der Waals surface area contributed by atoms with Gasteiger partial charge in [-0.3, -0.25) is 9.67 Å². The predicted molar refractivity (Wildman–Crippen MR) is 149 cm³/mol. The number of benzene rings is 2. The van der Waals surface area contributed by atoms with Gasteiger partial charge in [0, 0.05) is 59.0 Å². The molecule has 1 amide bonds. The zero-order valence-electron chi connectivity index (χ0n) is 22.4. The third kappa shape index (κ3) is 6.21. The van der Waals surface area contributed by atoms with E-state index in [1.54, 1.807) is 31.5 Å². The first kappa shape index (κ1) is 27.4. The predicted octanol–water partition coefficient (Wildman–Crippen LogP) is 5.48. The quantitative estimate of drug-likeness (QED) is 0.205. The zero-order chi connectivity index (χ0) is 28.9. The second kappa shape index (κ2) is 11.9. The number of amides is 1. The summed E-state index contributed by atoms with van der Waals surface area (Å²) in [6.45, 7) is 3.90. The fourth-order valence-corrected chi connectivity index (χ4v) is 4.42. The van der Waals surface area contributed by atoms with Crippen molar-refractivity contribution >= 4 is 28.5 Å². The Labute approximate surface area is 234 Å². The zero-order valence-corrected chi connectivity index (χ0v) is 22.4. The minimum atomic E-state index is -1.13. The smallest absolute Gasteiger partial charge is 0.404 e. The molecule has 0 aliphatic carbocycles. The minimum absolute atomic E-state index is 0.119. The average Bonchev–Trinajstić information content (AvgIpc) is 3.30. The van der Waals surface area contributed by atoms with E-state index in [9.17, 15) is 13.6 Å². The Morgan fingerprint density at radius 3 is 2.61 bits per heavy atom. The van der Waals surface area contributed by atoms with Gasteiger partial charge in [-0.15, -0.1) is 0 Å². The van der Waals surface area contributed by atoms with Crippen LogP contribution in [0.15, 0.2) is 60.9 Å². The van der Waals surface area contributed by atoms with Crippen LogP contribution in [0.1, 0.15) is 23.7 Å². The van der Waals surface area contributed by atoms with E-state index >= 15 is 0 Å². The Morgan fingerprint density at radius 2 is 1.88 bits per heavy atom. The molecule has 0 atom stereocenters. The fraction of sp³-hybridized carbons (Fsp3) is 0.207. The van der Waals surface area contributed by atoms with Crippen molar-refractivity contribution in [3.05, 3.63) is 89.4 Å². The monoisotopic (exact) mass is 559 g/mol. The van der Waals surface area contributed by atoms with Gasteiger partial charge < -0.3 is 20.5 Å². The second-order valence-electron chi connectivity index (χ2n) is 9.18. The summed E-state index contributed by atoms with van der Waals surface area (Å²) in [4.78, 5) is 24.4. The lowest BCUT2D eigenvalue weighted by atomic mass is 10.1. The number of pyridine rings is 1. The van der Waals surface area contributed by atoms with Crippen LogP contribution in [0.4, 0.5) is 25.1 Å². The minimum Gasteiger partial charge on any atom is -0.494 e. The van der Waals surface area contributed by atoms with E-state index in [2.05, 4.69) is 25.7 Å². The highest BCUT2D eigenvalue weighted by atomic mass is 19.1. The Hall–Kier alpha value is -5.13. The number of carbonyl (C=O) groups is 1. The molecule has 0 radical (unpaired) electrons. The lowest BCUT2D eigenvalue weighted by Gasteiger charge is -2.12. The Morgan fingerprint density at radius 1 is 1.10 bits per heavy atom. The van der Waals surface area contributed by atoms with Crippen LogP contribution in [0, 0.1) is 18.6 Å². The van der Waals surface area contributed by atoms with Crippen LogP contribution in [0.2, 0.25) is 0 Å². The number of hydrogen-bond donors (Lipinski definition) is 3. The molecule has 2 aromatic carbocycles. The molecule has 10 nitrogen and oxygen atoms in total. The van der Waals surface area contributed by atoms with Crippen molar-refractivity contribution < 1.29 is 23.4 Å². The molecular formula is C29H27F2N7O3. The first-order chi connectivity index (χ1) is 19.8. The van der Waals surface area contributed by atoms with Gasteiger partial charge in [-0.05, 0) is 38.5 Å². The van der Waals surface area contributed by atoms with Crippen LogP contribution in [0.5, 0.6) is 5.75 Å². The van der Waals surface area contributed by atoms with Gasteiger partial charge in [0.1, 0.15) is 28.9 Å². The SMILES string of the molecule is CCOc1cc(F)c(Cn2nc(-c3ncc(CCNC(=O)O)c(Nc4ccnc(C)c4)n3)c3ccccc32)c(F)c1. The van der Waals surface area contributed by atoms with Crippen molar-refractivity contribution in [3.63, 3.8) is 0 Å². The molecule has 0 fully saturated rings. The highest BCUT2D eigenvalue weighted by Gasteiger charge is 2.20. The molecule has 0 bridgehead atoms. The fourth-order valence-electron chi connectivity index (χ4n) is 4.42. The number of ether oxygens (including phenoxy) is 1. The van der Waals surface area contributed by atoms with E-state index in [-0.39, 0.29) is 36.8 Å². The number of nitrogens with zero attached hydrogens (tertiary/aromatic N) is 5. The Bertz CT molecular complexity index is 1700. The molecule has 3 aromatic heterocycles. The number of nitrogens with one attached hydrogen (secondary N) is 2. The summed E-state index contributed by atoms with van der Waals surface area (Å²) in [5.41, 5.74) is 3.15. The number of aryl methyl sites for hydroxylation is 1. The van der Waals surface area contributed by atoms with Gasteiger partial charge >= 0.3 is 6.09 Å². The highest BCUT2D eigenvalue weighted by molar-refractivity contribution is 5.92. The third-order valence-electron chi connectivity index (χ3n) is 6.30. The van der Waals surface area contributed by atoms with Crippen LogP contribution >= 0.6 is 0 Å². The molecule has 210 valence electrons. The van der Waals surface area contributed by atoms with Gasteiger partial charge in [0.2, 0.25) is 0 Å². The number of halogens is 2. The standard InChI is InChI=1S/C29H27F2N7O3/c1-3-41-20-13-23(30)22(24(31)14-20)16-38-25-7-5-4-6-21(25)26(37-38)28-34-15-18(8-10-33-29(39)40)27(36-28)35-19-9-11-32-17(2)12-19/h4-7,9,11-15,33H,3,8,10,16H2,1-2H3,(H,39,40)(H,32,34,35,36). The van der Waals surface area contributed by atoms with Gasteiger partial charge in [-0.1, -0.05) is 18.2 Å². The molecule has 0 spiro atoms. The lowest BCUT2D eigenvalue weighted by molar-refractivity contribution is 0.194. The van der Waals surface area contributed by atoms with Crippen LogP contribution in [-0.4, -0.2) is 49.1 Å². The summed E-state index contributed by atoms with van der Waals surface area (Å²) in [6, 6.07) is 13.3. The summed E-state index contributed by atoms with van der Waals surface area (Å²) in [5.74, 6) is -0.590. The lowest BCUT2D eigenvalue weighted by Crippen LogP contribution is -2.23. The van der Waals surface area contributed by atoms with Crippen LogP contribution < -0.4 is 15.4 Å². The number of anilines is 2. The molecule has 41 heavy (non-hydrogen) atoms. The van der Waals surface area contributed by atoms with E-state index in [1.165, 1.54) is 4.68 Å². The molecule has 0 unspecified atom stereocenters. The van der Waals surface area contributed by atoms with Crippen LogP contribution in [0.3, 0.4) is 0 Å². The summed E-state index contributed by atoms with van der Waals surface area (Å²) in [7, 11) is 0. The highest BCUT2D eigenvalue weighted by Crippen LogP contribution is 2.30. The molecule has 0 aliphatic heterocycles. The van der Waals surface area contributed by atoms with Gasteiger partial charge in [0.25, 0.3) is 0 Å². The number of aromatic nitrogens is 5. The first-order valence-corrected chi connectivity index (χ1v) is 12.9. The van der Waals surface area contributed by atoms with Crippen molar-refractivity contribution in [3.8, 4) is 17.3 Å². The van der Waals surface area contributed by atoms with E-state index in [0.29, 0.717) is 34.4 Å². The molecular weight excluding hydrogens is 532 g/mol. The Kier molecular flexibility index (Phi) is 7.99. The maximum atomic E-state index is 14.9. The summed E-state index contributed by atoms with van der Waals surface area (Å²) in [5, 5.41) is 20.0. The summed E-state index contributed by atoms with van der Waals surface area (Å²) < 4.78 is 36.6. The van der Waals surface area contributed by atoms with Crippen LogP contribution in [0.25, 0.3) is 22.4 Å². The maximum Gasteiger partial charge on any atom is 0.404 e. The molecule has 5 aromatic rings. The van der Waals surface area contributed by atoms with Gasteiger partial charge in [0.15, 0.2) is 5.82 Å². The maximum absolute atomic E-state index is 14.9. The van der Waals surface area contributed by atoms with Crippen molar-refractivity contribution in [1.82, 2.24) is 30.0 Å². The number of rotatable bonds is 10. The normalized spacial score (nSPS) is 11.0. The summed E-state index contributed by atoms with van der Waals surface area (Å²) in [6.07, 6.45) is 2.49. The molecule has 0 saturated heterocycles. The van der Waals surface area contributed by atoms with Crippen molar-refractivity contribution in [2.24, 2.45) is 0 Å². The number of fused-ring (bicyclic) bond motifs is 1. The van der Waals surface area contributed by atoms with Crippen molar-refractivity contribution in [1.29, 1.82) is 0 Å². The summed E-state index contributed by atoms with van der Waals surface area (Å²) >= 11 is 0. The number of para-hydroxylation sites is 1. The molecule has 3 N–H and O–H groups in total. The average molecular weight is 560 g/mol. The van der Waals surface area contributed by atoms with E-state index in [4.69, 9.17) is 14.8 Å². The second-order valence-corrected chi connectivity index (χ2v) is 9.18. The molecule has 0 aliphatic rings. The molecule has 12 heteroatoms. The van der Waals surface area contributed by atoms with Gasteiger partial charge in [-0.25, -0.2) is 23.5 Å². The van der Waals surface area contributed by atoms with Gasteiger partial charge in [0.05, 0.1) is 18.7 Å². The number of hydrogen-bond acceptors (Lipinski definition) is 7.